The number of rotatable bonds is 3. The molecule has 5 heteroatoms. The van der Waals surface area contributed by atoms with Crippen LogP contribution in [0.2, 0.25) is 0 Å². The van der Waals surface area contributed by atoms with Gasteiger partial charge in [0, 0.05) is 31.1 Å². The topological polar surface area (TPSA) is 70.5 Å². The Labute approximate surface area is 124 Å². The van der Waals surface area contributed by atoms with Crippen LogP contribution in [-0.4, -0.2) is 39.5 Å². The van der Waals surface area contributed by atoms with Crippen molar-refractivity contribution in [2.45, 2.75) is 38.6 Å². The molecule has 0 aromatic carbocycles. The number of carbonyl (C=O) groups excluding carboxylic acids is 1. The first kappa shape index (κ1) is 15.2. The van der Waals surface area contributed by atoms with Crippen LogP contribution in [0.5, 0.6) is 0 Å². The Morgan fingerprint density at radius 1 is 1.33 bits per heavy atom. The molecule has 0 bridgehead atoms. The van der Waals surface area contributed by atoms with E-state index in [1.54, 1.807) is 12.3 Å². The van der Waals surface area contributed by atoms with Gasteiger partial charge >= 0.3 is 5.97 Å². The molecule has 1 aliphatic heterocycles. The Morgan fingerprint density at radius 3 is 2.90 bits per heavy atom. The van der Waals surface area contributed by atoms with Crippen LogP contribution in [0.25, 0.3) is 6.08 Å². The van der Waals surface area contributed by atoms with Crippen molar-refractivity contribution in [3.8, 4) is 0 Å². The molecule has 0 aliphatic carbocycles. The summed E-state index contributed by atoms with van der Waals surface area (Å²) in [4.78, 5) is 29.1. The van der Waals surface area contributed by atoms with Gasteiger partial charge in [-0.2, -0.15) is 0 Å². The zero-order valence-corrected chi connectivity index (χ0v) is 12.2. The van der Waals surface area contributed by atoms with E-state index in [1.807, 2.05) is 4.90 Å². The molecule has 21 heavy (non-hydrogen) atoms. The Balaban J connectivity index is 2.18. The van der Waals surface area contributed by atoms with Crippen molar-refractivity contribution in [1.82, 2.24) is 9.88 Å². The molecular weight excluding hydrogens is 268 g/mol. The second kappa shape index (κ2) is 7.02. The summed E-state index contributed by atoms with van der Waals surface area (Å²) in [7, 11) is 0. The van der Waals surface area contributed by atoms with Gasteiger partial charge in [0.05, 0.1) is 5.56 Å². The fourth-order valence-electron chi connectivity index (χ4n) is 2.58. The SMILES string of the molecule is CC1CCCCCN1C(=O)c1cncc(C=CC(=O)O)c1. The van der Waals surface area contributed by atoms with Gasteiger partial charge in [-0.05, 0) is 37.5 Å². The minimum atomic E-state index is -1.02. The van der Waals surface area contributed by atoms with Gasteiger partial charge in [-0.25, -0.2) is 4.79 Å². The van der Waals surface area contributed by atoms with Crippen LogP contribution in [0.15, 0.2) is 24.5 Å². The Morgan fingerprint density at radius 2 is 2.14 bits per heavy atom. The minimum Gasteiger partial charge on any atom is -0.478 e. The number of aromatic nitrogens is 1. The molecule has 1 amide bonds. The van der Waals surface area contributed by atoms with Crippen LogP contribution in [0, 0.1) is 0 Å². The predicted octanol–water partition coefficient (Wildman–Crippen LogP) is 2.58. The summed E-state index contributed by atoms with van der Waals surface area (Å²) in [5.74, 6) is -1.05. The van der Waals surface area contributed by atoms with E-state index >= 15 is 0 Å². The van der Waals surface area contributed by atoms with Crippen LogP contribution in [-0.2, 0) is 4.79 Å². The van der Waals surface area contributed by atoms with Crippen molar-refractivity contribution in [1.29, 1.82) is 0 Å². The number of hydrogen-bond donors (Lipinski definition) is 1. The maximum absolute atomic E-state index is 12.6. The largest absolute Gasteiger partial charge is 0.478 e. The van der Waals surface area contributed by atoms with E-state index in [2.05, 4.69) is 11.9 Å². The molecule has 112 valence electrons. The van der Waals surface area contributed by atoms with E-state index in [4.69, 9.17) is 5.11 Å². The third kappa shape index (κ3) is 4.15. The summed E-state index contributed by atoms with van der Waals surface area (Å²) in [6.07, 6.45) is 9.94. The number of hydrogen-bond acceptors (Lipinski definition) is 3. The molecule has 1 unspecified atom stereocenters. The average Bonchev–Trinajstić information content (AvgIpc) is 2.69. The zero-order chi connectivity index (χ0) is 15.2. The molecule has 2 rings (SSSR count). The van der Waals surface area contributed by atoms with Gasteiger partial charge in [0.2, 0.25) is 0 Å². The molecule has 1 fully saturated rings. The fraction of sp³-hybridized carbons (Fsp3) is 0.438. The second-order valence-corrected chi connectivity index (χ2v) is 5.38. The lowest BCUT2D eigenvalue weighted by molar-refractivity contribution is -0.131. The Hall–Kier alpha value is -2.17. The first-order valence-corrected chi connectivity index (χ1v) is 7.25. The van der Waals surface area contributed by atoms with Gasteiger partial charge in [0.1, 0.15) is 0 Å². The molecule has 0 saturated carbocycles. The van der Waals surface area contributed by atoms with Gasteiger partial charge in [0.25, 0.3) is 5.91 Å². The number of pyridine rings is 1. The first-order valence-electron chi connectivity index (χ1n) is 7.25. The maximum Gasteiger partial charge on any atom is 0.328 e. The van der Waals surface area contributed by atoms with Crippen molar-refractivity contribution in [3.05, 3.63) is 35.7 Å². The van der Waals surface area contributed by atoms with Crippen molar-refractivity contribution in [2.24, 2.45) is 0 Å². The normalized spacial score (nSPS) is 19.5. The van der Waals surface area contributed by atoms with Crippen LogP contribution < -0.4 is 0 Å². The lowest BCUT2D eigenvalue weighted by Gasteiger charge is -2.27. The number of carboxylic acids is 1. The summed E-state index contributed by atoms with van der Waals surface area (Å²) >= 11 is 0. The van der Waals surface area contributed by atoms with Crippen LogP contribution in [0.4, 0.5) is 0 Å². The number of amides is 1. The molecular formula is C16H20N2O3. The highest BCUT2D eigenvalue weighted by Gasteiger charge is 2.23. The van der Waals surface area contributed by atoms with E-state index in [1.165, 1.54) is 12.3 Å². The summed E-state index contributed by atoms with van der Waals surface area (Å²) in [6.45, 7) is 2.85. The molecule has 1 saturated heterocycles. The Kier molecular flexibility index (Phi) is 5.09. The van der Waals surface area contributed by atoms with Crippen LogP contribution in [0.3, 0.4) is 0 Å². The third-order valence-corrected chi connectivity index (χ3v) is 3.74. The monoisotopic (exact) mass is 288 g/mol. The van der Waals surface area contributed by atoms with Crippen molar-refractivity contribution >= 4 is 18.0 Å². The molecule has 1 aromatic rings. The maximum atomic E-state index is 12.6. The van der Waals surface area contributed by atoms with E-state index in [0.29, 0.717) is 11.1 Å². The summed E-state index contributed by atoms with van der Waals surface area (Å²) in [5, 5.41) is 8.64. The molecule has 2 heterocycles. The highest BCUT2D eigenvalue weighted by molar-refractivity contribution is 5.95. The van der Waals surface area contributed by atoms with Crippen molar-refractivity contribution < 1.29 is 14.7 Å². The molecule has 5 nitrogen and oxygen atoms in total. The van der Waals surface area contributed by atoms with Gasteiger partial charge in [-0.15, -0.1) is 0 Å². The number of carboxylic acid groups (broad SMARTS) is 1. The lowest BCUT2D eigenvalue weighted by atomic mass is 10.1. The molecule has 1 N–H and O–H groups in total. The Bertz CT molecular complexity index is 554. The third-order valence-electron chi connectivity index (χ3n) is 3.74. The molecule has 0 radical (unpaired) electrons. The highest BCUT2D eigenvalue weighted by atomic mass is 16.4. The quantitative estimate of drug-likeness (QED) is 0.868. The van der Waals surface area contributed by atoms with Crippen LogP contribution in [0.1, 0.15) is 48.5 Å². The molecule has 1 aromatic heterocycles. The van der Waals surface area contributed by atoms with E-state index in [9.17, 15) is 9.59 Å². The average molecular weight is 288 g/mol. The smallest absolute Gasteiger partial charge is 0.328 e. The number of nitrogens with zero attached hydrogens (tertiary/aromatic N) is 2. The first-order chi connectivity index (χ1) is 10.1. The summed E-state index contributed by atoms with van der Waals surface area (Å²) in [5.41, 5.74) is 1.13. The van der Waals surface area contributed by atoms with Crippen LogP contribution >= 0.6 is 0 Å². The van der Waals surface area contributed by atoms with Gasteiger partial charge in [0.15, 0.2) is 0 Å². The standard InChI is InChI=1S/C16H20N2O3/c1-12-5-3-2-4-8-18(12)16(21)14-9-13(10-17-11-14)6-7-15(19)20/h6-7,9-12H,2-5,8H2,1H3,(H,19,20). The number of likely N-dealkylation sites (tertiary alicyclic amines) is 1. The minimum absolute atomic E-state index is 0.0255. The molecule has 1 atom stereocenters. The van der Waals surface area contributed by atoms with E-state index in [0.717, 1.165) is 38.3 Å². The van der Waals surface area contributed by atoms with Gasteiger partial charge < -0.3 is 10.0 Å². The van der Waals surface area contributed by atoms with Crippen molar-refractivity contribution in [2.75, 3.05) is 6.54 Å². The van der Waals surface area contributed by atoms with E-state index < -0.39 is 5.97 Å². The molecule has 0 spiro atoms. The number of aliphatic carboxylic acids is 1. The lowest BCUT2D eigenvalue weighted by Crippen LogP contribution is -2.38. The summed E-state index contributed by atoms with van der Waals surface area (Å²) < 4.78 is 0. The van der Waals surface area contributed by atoms with Gasteiger partial charge in [-0.1, -0.05) is 12.8 Å². The van der Waals surface area contributed by atoms with E-state index in [-0.39, 0.29) is 11.9 Å². The predicted molar refractivity (Wildman–Crippen MR) is 79.9 cm³/mol. The number of carbonyl (C=O) groups is 2. The highest BCUT2D eigenvalue weighted by Crippen LogP contribution is 2.19. The second-order valence-electron chi connectivity index (χ2n) is 5.38. The summed E-state index contributed by atoms with van der Waals surface area (Å²) in [6, 6.07) is 1.92. The molecule has 1 aliphatic rings. The fourth-order valence-corrected chi connectivity index (χ4v) is 2.58. The van der Waals surface area contributed by atoms with Gasteiger partial charge in [-0.3, -0.25) is 9.78 Å². The van der Waals surface area contributed by atoms with Crippen molar-refractivity contribution in [3.63, 3.8) is 0 Å². The zero-order valence-electron chi connectivity index (χ0n) is 12.2.